The van der Waals surface area contributed by atoms with Gasteiger partial charge in [-0.3, -0.25) is 19.9 Å². The molecule has 0 amide bonds. The predicted molar refractivity (Wildman–Crippen MR) is 145 cm³/mol. The first-order chi connectivity index (χ1) is 18.3. The molecule has 10 heteroatoms. The molecule has 0 saturated heterocycles. The van der Waals surface area contributed by atoms with Crippen LogP contribution in [0.15, 0.2) is 69.7 Å². The van der Waals surface area contributed by atoms with Crippen LogP contribution in [0.2, 0.25) is 0 Å². The zero-order chi connectivity index (χ0) is 27.7. The van der Waals surface area contributed by atoms with Crippen LogP contribution in [0.25, 0.3) is 0 Å². The van der Waals surface area contributed by atoms with Crippen molar-refractivity contribution >= 4 is 35.1 Å². The van der Waals surface area contributed by atoms with Crippen LogP contribution in [0.3, 0.4) is 0 Å². The number of thioether (sulfide) groups is 1. The molecule has 0 saturated carbocycles. The summed E-state index contributed by atoms with van der Waals surface area (Å²) >= 11 is 1.64. The van der Waals surface area contributed by atoms with Crippen LogP contribution in [0, 0.1) is 16.0 Å². The van der Waals surface area contributed by atoms with Crippen molar-refractivity contribution in [2.45, 2.75) is 43.9 Å². The van der Waals surface area contributed by atoms with Crippen molar-refractivity contribution in [3.63, 3.8) is 0 Å². The van der Waals surface area contributed by atoms with Gasteiger partial charge in [-0.25, -0.2) is 4.79 Å². The van der Waals surface area contributed by atoms with Gasteiger partial charge in [-0.1, -0.05) is 31.2 Å². The number of benzene rings is 2. The molecule has 0 bridgehead atoms. The van der Waals surface area contributed by atoms with Crippen molar-refractivity contribution in [2.24, 2.45) is 10.9 Å². The molecule has 2 atom stereocenters. The van der Waals surface area contributed by atoms with Gasteiger partial charge in [0.2, 0.25) is 0 Å². The van der Waals surface area contributed by atoms with Crippen LogP contribution in [-0.2, 0) is 25.5 Å². The number of aliphatic hydroxyl groups is 1. The van der Waals surface area contributed by atoms with Crippen LogP contribution in [0.5, 0.6) is 0 Å². The Labute approximate surface area is 226 Å². The number of methoxy groups -OCH3 is 1. The molecule has 9 nitrogen and oxygen atoms in total. The van der Waals surface area contributed by atoms with Crippen molar-refractivity contribution in [3.05, 3.63) is 81.0 Å². The Morgan fingerprint density at radius 1 is 1.18 bits per heavy atom. The van der Waals surface area contributed by atoms with Gasteiger partial charge >= 0.3 is 11.9 Å². The smallest absolute Gasteiger partial charge is 0.336 e. The lowest BCUT2D eigenvalue weighted by Crippen LogP contribution is -2.36. The molecule has 0 fully saturated rings. The maximum absolute atomic E-state index is 13.4. The Hall–Kier alpha value is -3.50. The summed E-state index contributed by atoms with van der Waals surface area (Å²) in [6, 6.07) is 13.9. The minimum atomic E-state index is -0.913. The van der Waals surface area contributed by atoms with E-state index >= 15 is 0 Å². The van der Waals surface area contributed by atoms with E-state index in [-0.39, 0.29) is 24.5 Å². The lowest BCUT2D eigenvalue weighted by Gasteiger charge is -2.31. The van der Waals surface area contributed by atoms with E-state index in [0.717, 1.165) is 16.2 Å². The highest BCUT2D eigenvalue weighted by molar-refractivity contribution is 7.99. The van der Waals surface area contributed by atoms with Gasteiger partial charge in [0.05, 0.1) is 29.9 Å². The van der Waals surface area contributed by atoms with Gasteiger partial charge in [0.25, 0.3) is 5.69 Å². The summed E-state index contributed by atoms with van der Waals surface area (Å²) < 4.78 is 10.7. The van der Waals surface area contributed by atoms with E-state index in [0.29, 0.717) is 36.2 Å². The number of aliphatic hydroxyl groups excluding tert-OH is 1. The monoisotopic (exact) mass is 540 g/mol. The molecule has 0 radical (unpaired) electrons. The third-order valence-electron chi connectivity index (χ3n) is 6.28. The molecule has 1 aliphatic rings. The summed E-state index contributed by atoms with van der Waals surface area (Å²) in [6.07, 6.45) is 1.64. The molecule has 2 aromatic carbocycles. The first-order valence-corrected chi connectivity index (χ1v) is 13.4. The summed E-state index contributed by atoms with van der Waals surface area (Å²) in [6.45, 7) is 3.82. The quantitative estimate of drug-likeness (QED) is 0.133. The fourth-order valence-corrected chi connectivity index (χ4v) is 5.27. The topological polar surface area (TPSA) is 128 Å². The van der Waals surface area contributed by atoms with Gasteiger partial charge in [0.15, 0.2) is 0 Å². The Bertz CT molecular complexity index is 1220. The lowest BCUT2D eigenvalue weighted by molar-refractivity contribution is -0.384. The Morgan fingerprint density at radius 2 is 1.92 bits per heavy atom. The molecule has 3 rings (SSSR count). The average molecular weight is 541 g/mol. The first-order valence-electron chi connectivity index (χ1n) is 12.4. The summed E-state index contributed by atoms with van der Waals surface area (Å²) in [5, 5.41) is 20.5. The van der Waals surface area contributed by atoms with Crippen molar-refractivity contribution in [3.8, 4) is 0 Å². The Balaban J connectivity index is 1.78. The van der Waals surface area contributed by atoms with Gasteiger partial charge in [0, 0.05) is 41.0 Å². The number of carbonyl (C=O) groups excluding carboxylic acids is 2. The van der Waals surface area contributed by atoms with E-state index in [1.807, 2.05) is 31.2 Å². The summed E-state index contributed by atoms with van der Waals surface area (Å²) in [7, 11) is 1.26. The number of ether oxygens (including phenoxy) is 2. The molecule has 0 spiro atoms. The molecular formula is C28H32N2O7S. The van der Waals surface area contributed by atoms with E-state index in [2.05, 4.69) is 4.99 Å². The number of non-ortho nitro benzene ring substituents is 1. The van der Waals surface area contributed by atoms with Crippen LogP contribution in [0.4, 0.5) is 5.69 Å². The van der Waals surface area contributed by atoms with E-state index in [1.165, 1.54) is 25.3 Å². The third-order valence-corrected chi connectivity index (χ3v) is 7.38. The summed E-state index contributed by atoms with van der Waals surface area (Å²) in [4.78, 5) is 42.7. The SMILES string of the molecule is CCC1=C(C(=O)OCCCSc2ccc(CCO)cc2)C(c2cccc([N+](=O)[O-])c2)C(C(=O)OC)C(C)=N1. The molecule has 2 aromatic rings. The fraction of sp³-hybridized carbons (Fsp3) is 0.393. The maximum atomic E-state index is 13.4. The summed E-state index contributed by atoms with van der Waals surface area (Å²) in [5.74, 6) is -2.19. The summed E-state index contributed by atoms with van der Waals surface area (Å²) in [5.41, 5.74) is 2.56. The lowest BCUT2D eigenvalue weighted by atomic mass is 9.75. The van der Waals surface area contributed by atoms with Gasteiger partial charge in [-0.2, -0.15) is 0 Å². The van der Waals surface area contributed by atoms with Crippen molar-refractivity contribution in [1.82, 2.24) is 0 Å². The number of nitro groups is 1. The minimum Gasteiger partial charge on any atom is -0.468 e. The predicted octanol–water partition coefficient (Wildman–Crippen LogP) is 4.87. The number of nitro benzene ring substituents is 1. The molecule has 2 unspecified atom stereocenters. The largest absolute Gasteiger partial charge is 0.468 e. The Morgan fingerprint density at radius 3 is 2.55 bits per heavy atom. The molecule has 0 aliphatic carbocycles. The van der Waals surface area contributed by atoms with E-state index in [1.54, 1.807) is 24.8 Å². The molecule has 0 aromatic heterocycles. The fourth-order valence-electron chi connectivity index (χ4n) is 4.44. The highest BCUT2D eigenvalue weighted by atomic mass is 32.2. The number of aliphatic imine (C=N–C) groups is 1. The molecule has 1 aliphatic heterocycles. The van der Waals surface area contributed by atoms with E-state index in [9.17, 15) is 19.7 Å². The van der Waals surface area contributed by atoms with Crippen molar-refractivity contribution in [2.75, 3.05) is 26.1 Å². The van der Waals surface area contributed by atoms with Gasteiger partial charge in [0.1, 0.15) is 5.92 Å². The number of nitrogens with zero attached hydrogens (tertiary/aromatic N) is 2. The standard InChI is InChI=1S/C28H32N2O7S/c1-4-23-26(28(33)37-15-6-16-38-22-11-9-19(10-12-22)13-14-31)25(24(18(2)29-23)27(32)36-3)20-7-5-8-21(17-20)30(34)35/h5,7-12,17,24-25,31H,4,6,13-16H2,1-3H3. The number of allylic oxidation sites excluding steroid dienone is 1. The number of carbonyl (C=O) groups is 2. The maximum Gasteiger partial charge on any atom is 0.336 e. The van der Waals surface area contributed by atoms with E-state index < -0.39 is 28.7 Å². The molecular weight excluding hydrogens is 508 g/mol. The highest BCUT2D eigenvalue weighted by Crippen LogP contribution is 2.41. The minimum absolute atomic E-state index is 0.112. The second kappa shape index (κ2) is 13.9. The second-order valence-corrected chi connectivity index (χ2v) is 9.92. The zero-order valence-corrected chi connectivity index (χ0v) is 22.5. The van der Waals surface area contributed by atoms with Crippen molar-refractivity contribution < 1.29 is 29.1 Å². The van der Waals surface area contributed by atoms with Gasteiger partial charge < -0.3 is 14.6 Å². The third kappa shape index (κ3) is 7.08. The second-order valence-electron chi connectivity index (χ2n) is 8.75. The zero-order valence-electron chi connectivity index (χ0n) is 21.7. The number of hydrogen-bond acceptors (Lipinski definition) is 9. The van der Waals surface area contributed by atoms with E-state index in [4.69, 9.17) is 14.6 Å². The van der Waals surface area contributed by atoms with Crippen LogP contribution < -0.4 is 0 Å². The number of hydrogen-bond donors (Lipinski definition) is 1. The van der Waals surface area contributed by atoms with Gasteiger partial charge in [-0.15, -0.1) is 11.8 Å². The first kappa shape index (κ1) is 29.1. The number of rotatable bonds is 12. The number of esters is 2. The molecule has 1 heterocycles. The molecule has 202 valence electrons. The molecule has 1 N–H and O–H groups in total. The van der Waals surface area contributed by atoms with Crippen LogP contribution >= 0.6 is 11.8 Å². The Kier molecular flexibility index (Phi) is 10.6. The van der Waals surface area contributed by atoms with Crippen molar-refractivity contribution in [1.29, 1.82) is 0 Å². The average Bonchev–Trinajstić information content (AvgIpc) is 2.92. The highest BCUT2D eigenvalue weighted by Gasteiger charge is 2.43. The van der Waals surface area contributed by atoms with Crippen LogP contribution in [-0.4, -0.2) is 53.8 Å². The normalized spacial score (nSPS) is 17.1. The van der Waals surface area contributed by atoms with Gasteiger partial charge in [-0.05, 0) is 49.4 Å². The molecule has 38 heavy (non-hydrogen) atoms. The van der Waals surface area contributed by atoms with Crippen LogP contribution in [0.1, 0.15) is 43.7 Å².